The van der Waals surface area contributed by atoms with Crippen LogP contribution in [0.5, 0.6) is 0 Å². The van der Waals surface area contributed by atoms with E-state index in [1.54, 1.807) is 6.08 Å². The van der Waals surface area contributed by atoms with Crippen molar-refractivity contribution in [1.29, 1.82) is 0 Å². The first-order valence-corrected chi connectivity index (χ1v) is 10.8. The van der Waals surface area contributed by atoms with Gasteiger partial charge in [-0.2, -0.15) is 0 Å². The number of carbonyl (C=O) groups excluding carboxylic acids is 2. The fourth-order valence-electron chi connectivity index (χ4n) is 6.49. The number of rotatable bonds is 6. The second-order valence-electron chi connectivity index (χ2n) is 9.45. The third kappa shape index (κ3) is 3.05. The van der Waals surface area contributed by atoms with Crippen LogP contribution < -0.4 is 0 Å². The first-order valence-electron chi connectivity index (χ1n) is 10.8. The molecular formula is C24H32O4. The van der Waals surface area contributed by atoms with E-state index in [1.165, 1.54) is 11.1 Å². The summed E-state index contributed by atoms with van der Waals surface area (Å²) < 4.78 is 5.50. The third-order valence-corrected chi connectivity index (χ3v) is 8.03. The summed E-state index contributed by atoms with van der Waals surface area (Å²) in [5.41, 5.74) is 2.63. The van der Waals surface area contributed by atoms with Gasteiger partial charge in [0.1, 0.15) is 6.61 Å². The Morgan fingerprint density at radius 2 is 2.11 bits per heavy atom. The molecule has 2 saturated carbocycles. The summed E-state index contributed by atoms with van der Waals surface area (Å²) in [6.07, 6.45) is 13.7. The van der Waals surface area contributed by atoms with Crippen LogP contribution in [0, 0.1) is 28.6 Å². The van der Waals surface area contributed by atoms with Gasteiger partial charge < -0.3 is 9.84 Å². The lowest BCUT2D eigenvalue weighted by molar-refractivity contribution is -0.131. The number of ether oxygens (including phenoxy) is 1. The maximum absolute atomic E-state index is 12.9. The van der Waals surface area contributed by atoms with Crippen molar-refractivity contribution in [3.8, 4) is 0 Å². The molecule has 0 heterocycles. The maximum atomic E-state index is 12.9. The Bertz CT molecular complexity index is 761. The Morgan fingerprint density at radius 1 is 1.29 bits per heavy atom. The number of aliphatic hydroxyl groups excluding tert-OH is 1. The number of aliphatic hydroxyl groups is 1. The summed E-state index contributed by atoms with van der Waals surface area (Å²) in [7, 11) is 0. The highest BCUT2D eigenvalue weighted by Crippen LogP contribution is 2.63. The first kappa shape index (κ1) is 19.8. The SMILES string of the molecule is CC12C=CC(=O)C=C1CCC1C2=CCC2(C)C(C(=O)COCCCO)CCC12. The number of hydrogen-bond donors (Lipinski definition) is 1. The van der Waals surface area contributed by atoms with Crippen LogP contribution in [0.3, 0.4) is 0 Å². The molecular weight excluding hydrogens is 352 g/mol. The van der Waals surface area contributed by atoms with Crippen molar-refractivity contribution in [3.05, 3.63) is 35.5 Å². The lowest BCUT2D eigenvalue weighted by Gasteiger charge is -2.52. The van der Waals surface area contributed by atoms with Gasteiger partial charge in [0.25, 0.3) is 0 Å². The molecule has 0 spiro atoms. The summed E-state index contributed by atoms with van der Waals surface area (Å²) in [5, 5.41) is 8.87. The highest BCUT2D eigenvalue weighted by molar-refractivity contribution is 6.01. The van der Waals surface area contributed by atoms with E-state index in [4.69, 9.17) is 9.84 Å². The Labute approximate surface area is 167 Å². The molecule has 0 amide bonds. The largest absolute Gasteiger partial charge is 0.396 e. The van der Waals surface area contributed by atoms with Gasteiger partial charge in [0, 0.05) is 24.5 Å². The van der Waals surface area contributed by atoms with Crippen molar-refractivity contribution in [2.24, 2.45) is 28.6 Å². The minimum Gasteiger partial charge on any atom is -0.396 e. The summed E-state index contributed by atoms with van der Waals surface area (Å²) in [4.78, 5) is 24.7. The van der Waals surface area contributed by atoms with Crippen molar-refractivity contribution < 1.29 is 19.4 Å². The number of hydrogen-bond acceptors (Lipinski definition) is 4. The molecule has 4 rings (SSSR count). The molecule has 4 nitrogen and oxygen atoms in total. The van der Waals surface area contributed by atoms with Crippen LogP contribution in [-0.4, -0.2) is 36.5 Å². The van der Waals surface area contributed by atoms with Crippen LogP contribution in [0.1, 0.15) is 52.4 Å². The van der Waals surface area contributed by atoms with Gasteiger partial charge in [0.05, 0.1) is 0 Å². The van der Waals surface area contributed by atoms with Crippen LogP contribution in [-0.2, 0) is 14.3 Å². The monoisotopic (exact) mass is 384 g/mol. The molecule has 0 aromatic carbocycles. The van der Waals surface area contributed by atoms with Gasteiger partial charge in [-0.3, -0.25) is 9.59 Å². The van der Waals surface area contributed by atoms with E-state index in [2.05, 4.69) is 26.0 Å². The molecule has 0 aliphatic heterocycles. The Balaban J connectivity index is 1.55. The average Bonchev–Trinajstić information content (AvgIpc) is 3.03. The van der Waals surface area contributed by atoms with Gasteiger partial charge >= 0.3 is 0 Å². The van der Waals surface area contributed by atoms with E-state index >= 15 is 0 Å². The molecule has 28 heavy (non-hydrogen) atoms. The molecule has 0 radical (unpaired) electrons. The lowest BCUT2D eigenvalue weighted by atomic mass is 9.52. The maximum Gasteiger partial charge on any atom is 0.178 e. The zero-order valence-corrected chi connectivity index (χ0v) is 17.1. The van der Waals surface area contributed by atoms with Crippen molar-refractivity contribution >= 4 is 11.6 Å². The molecule has 4 aliphatic rings. The van der Waals surface area contributed by atoms with Gasteiger partial charge in [-0.1, -0.05) is 30.2 Å². The second-order valence-corrected chi connectivity index (χ2v) is 9.45. The van der Waals surface area contributed by atoms with E-state index in [0.717, 1.165) is 32.1 Å². The van der Waals surface area contributed by atoms with Gasteiger partial charge in [-0.25, -0.2) is 0 Å². The van der Waals surface area contributed by atoms with Crippen LogP contribution in [0.25, 0.3) is 0 Å². The minimum absolute atomic E-state index is 0.0113. The quantitative estimate of drug-likeness (QED) is 0.559. The zero-order valence-electron chi connectivity index (χ0n) is 17.1. The summed E-state index contributed by atoms with van der Waals surface area (Å²) >= 11 is 0. The first-order chi connectivity index (χ1) is 13.4. The molecule has 5 atom stereocenters. The minimum atomic E-state index is -0.117. The van der Waals surface area contributed by atoms with Gasteiger partial charge in [0.2, 0.25) is 0 Å². The summed E-state index contributed by atoms with van der Waals surface area (Å²) in [5.74, 6) is 1.44. The average molecular weight is 385 g/mol. The number of carbonyl (C=O) groups is 2. The Hall–Kier alpha value is -1.52. The summed E-state index contributed by atoms with van der Waals surface area (Å²) in [6.45, 7) is 5.28. The molecule has 5 unspecified atom stereocenters. The van der Waals surface area contributed by atoms with E-state index in [-0.39, 0.29) is 41.5 Å². The number of ketones is 2. The normalized spacial score (nSPS) is 39.0. The summed E-state index contributed by atoms with van der Waals surface area (Å²) in [6, 6.07) is 0. The molecule has 4 aliphatic carbocycles. The number of Topliss-reactive ketones (excluding diaryl/α,β-unsaturated/α-hetero) is 1. The smallest absolute Gasteiger partial charge is 0.178 e. The lowest BCUT2D eigenvalue weighted by Crippen LogP contribution is -2.45. The van der Waals surface area contributed by atoms with Gasteiger partial charge in [-0.15, -0.1) is 0 Å². The van der Waals surface area contributed by atoms with E-state index in [0.29, 0.717) is 24.9 Å². The van der Waals surface area contributed by atoms with E-state index < -0.39 is 0 Å². The molecule has 0 aromatic heterocycles. The molecule has 0 aromatic rings. The van der Waals surface area contributed by atoms with E-state index in [9.17, 15) is 9.59 Å². The molecule has 2 fully saturated rings. The highest BCUT2D eigenvalue weighted by Gasteiger charge is 2.56. The Kier molecular flexibility index (Phi) is 5.22. The van der Waals surface area contributed by atoms with Crippen LogP contribution in [0.2, 0.25) is 0 Å². The van der Waals surface area contributed by atoms with E-state index in [1.807, 2.05) is 6.08 Å². The molecule has 4 heteroatoms. The van der Waals surface area contributed by atoms with Crippen molar-refractivity contribution in [2.75, 3.05) is 19.8 Å². The standard InChI is InChI=1S/C24H32O4/c1-23-10-8-17(26)14-16(23)4-5-18-19-6-7-21(22(27)15-28-13-3-12-25)24(19,2)11-9-20(18)23/h8-10,14,18-19,21,25H,3-7,11-13,15H2,1-2H3. The molecule has 0 bridgehead atoms. The number of fused-ring (bicyclic) bond motifs is 5. The van der Waals surface area contributed by atoms with Crippen molar-refractivity contribution in [1.82, 2.24) is 0 Å². The topological polar surface area (TPSA) is 63.6 Å². The third-order valence-electron chi connectivity index (χ3n) is 8.03. The van der Waals surface area contributed by atoms with Crippen LogP contribution >= 0.6 is 0 Å². The van der Waals surface area contributed by atoms with Gasteiger partial charge in [-0.05, 0) is 74.9 Å². The predicted octanol–water partition coefficient (Wildman–Crippen LogP) is 3.80. The second kappa shape index (κ2) is 7.38. The zero-order chi connectivity index (χ0) is 19.9. The molecule has 1 N–H and O–H groups in total. The van der Waals surface area contributed by atoms with Crippen molar-refractivity contribution in [2.45, 2.75) is 52.4 Å². The molecule has 0 saturated heterocycles. The van der Waals surface area contributed by atoms with Gasteiger partial charge in [0.15, 0.2) is 11.6 Å². The van der Waals surface area contributed by atoms with Crippen molar-refractivity contribution in [3.63, 3.8) is 0 Å². The highest BCUT2D eigenvalue weighted by atomic mass is 16.5. The Morgan fingerprint density at radius 3 is 2.89 bits per heavy atom. The fourth-order valence-corrected chi connectivity index (χ4v) is 6.49. The van der Waals surface area contributed by atoms with Crippen LogP contribution in [0.15, 0.2) is 35.5 Å². The predicted molar refractivity (Wildman–Crippen MR) is 108 cm³/mol. The van der Waals surface area contributed by atoms with Crippen LogP contribution in [0.4, 0.5) is 0 Å². The molecule has 152 valence electrons. The number of allylic oxidation sites excluding steroid dienone is 6. The fraction of sp³-hybridized carbons (Fsp3) is 0.667.